The van der Waals surface area contributed by atoms with Gasteiger partial charge in [-0.05, 0) is 31.2 Å². The van der Waals surface area contributed by atoms with E-state index in [0.29, 0.717) is 13.2 Å². The van der Waals surface area contributed by atoms with E-state index in [1.807, 2.05) is 18.2 Å². The molecule has 1 aromatic carbocycles. The molecule has 1 saturated carbocycles. The number of carbonyl (C=O) groups is 1. The minimum Gasteiger partial charge on any atom is -0.393 e. The fraction of sp³-hybridized carbons (Fsp3) is 0.667. The Morgan fingerprint density at radius 2 is 1.88 bits per heavy atom. The van der Waals surface area contributed by atoms with E-state index in [9.17, 15) is 9.90 Å². The van der Waals surface area contributed by atoms with Gasteiger partial charge in [0.25, 0.3) is 0 Å². The van der Waals surface area contributed by atoms with Gasteiger partial charge in [-0.1, -0.05) is 37.3 Å². The van der Waals surface area contributed by atoms with Crippen LogP contribution in [0.25, 0.3) is 0 Å². The summed E-state index contributed by atoms with van der Waals surface area (Å²) >= 11 is 0. The molecule has 142 valence electrons. The molecule has 5 heteroatoms. The summed E-state index contributed by atoms with van der Waals surface area (Å²) in [5.74, 6) is 0.286. The largest absolute Gasteiger partial charge is 0.393 e. The highest BCUT2D eigenvalue weighted by Crippen LogP contribution is 2.48. The molecule has 2 saturated heterocycles. The summed E-state index contributed by atoms with van der Waals surface area (Å²) in [5, 5.41) is 9.76. The number of likely N-dealkylation sites (tertiary alicyclic amines) is 1. The van der Waals surface area contributed by atoms with Gasteiger partial charge < -0.3 is 19.6 Å². The number of hydrogen-bond donors (Lipinski definition) is 1. The normalized spacial score (nSPS) is 29.5. The Bertz CT molecular complexity index is 623. The highest BCUT2D eigenvalue weighted by molar-refractivity contribution is 5.85. The highest BCUT2D eigenvalue weighted by atomic mass is 16.5. The van der Waals surface area contributed by atoms with E-state index < -0.39 is 0 Å². The minimum absolute atomic E-state index is 0.0207. The van der Waals surface area contributed by atoms with Crippen molar-refractivity contribution >= 4 is 5.91 Å². The quantitative estimate of drug-likeness (QED) is 0.897. The first-order valence-electron chi connectivity index (χ1n) is 9.95. The van der Waals surface area contributed by atoms with Crippen molar-refractivity contribution in [1.82, 2.24) is 9.80 Å². The molecule has 2 heterocycles. The van der Waals surface area contributed by atoms with E-state index in [-0.39, 0.29) is 29.6 Å². The number of morpholine rings is 1. The van der Waals surface area contributed by atoms with Crippen LogP contribution in [0.5, 0.6) is 0 Å². The summed E-state index contributed by atoms with van der Waals surface area (Å²) in [6, 6.07) is 10.3. The number of benzene rings is 1. The fourth-order valence-electron chi connectivity index (χ4n) is 4.26. The van der Waals surface area contributed by atoms with Crippen LogP contribution in [-0.2, 0) is 9.53 Å². The molecule has 1 aromatic rings. The van der Waals surface area contributed by atoms with Crippen molar-refractivity contribution in [2.24, 2.45) is 5.41 Å². The molecule has 2 atom stereocenters. The second-order valence-electron chi connectivity index (χ2n) is 8.36. The molecule has 0 radical (unpaired) electrons. The lowest BCUT2D eigenvalue weighted by Gasteiger charge is -2.44. The van der Waals surface area contributed by atoms with Gasteiger partial charge in [0.05, 0.1) is 24.9 Å². The van der Waals surface area contributed by atoms with Crippen LogP contribution in [0.4, 0.5) is 0 Å². The number of nitrogens with zero attached hydrogens (tertiary/aromatic N) is 2. The minimum atomic E-state index is -0.170. The number of amides is 1. The molecule has 1 aliphatic carbocycles. The average molecular weight is 358 g/mol. The lowest BCUT2D eigenvalue weighted by Crippen LogP contribution is -2.54. The average Bonchev–Trinajstić information content (AvgIpc) is 3.42. The summed E-state index contributed by atoms with van der Waals surface area (Å²) in [5.41, 5.74) is 0.997. The summed E-state index contributed by atoms with van der Waals surface area (Å²) < 4.78 is 6.19. The number of hydrogen-bond acceptors (Lipinski definition) is 4. The number of ether oxygens (including phenoxy) is 1. The predicted octanol–water partition coefficient (Wildman–Crippen LogP) is 2.21. The molecule has 0 bridgehead atoms. The summed E-state index contributed by atoms with van der Waals surface area (Å²) in [4.78, 5) is 17.6. The van der Waals surface area contributed by atoms with Gasteiger partial charge in [-0.3, -0.25) is 4.79 Å². The van der Waals surface area contributed by atoms with Crippen LogP contribution in [0.15, 0.2) is 30.3 Å². The highest BCUT2D eigenvalue weighted by Gasteiger charge is 2.50. The number of piperidine rings is 1. The molecule has 0 aromatic heterocycles. The van der Waals surface area contributed by atoms with Crippen molar-refractivity contribution in [3.63, 3.8) is 0 Å². The molecule has 5 nitrogen and oxygen atoms in total. The van der Waals surface area contributed by atoms with Crippen molar-refractivity contribution in [2.45, 2.75) is 50.9 Å². The van der Waals surface area contributed by atoms with E-state index in [0.717, 1.165) is 50.9 Å². The molecular formula is C21H30N2O3. The summed E-state index contributed by atoms with van der Waals surface area (Å²) in [6.45, 7) is 5.97. The molecule has 3 fully saturated rings. The van der Waals surface area contributed by atoms with Crippen molar-refractivity contribution in [2.75, 3.05) is 32.8 Å². The van der Waals surface area contributed by atoms with Gasteiger partial charge in [0.2, 0.25) is 5.91 Å². The molecule has 4 rings (SSSR count). The van der Waals surface area contributed by atoms with Gasteiger partial charge in [0.15, 0.2) is 0 Å². The number of carbonyl (C=O) groups excluding carboxylic acids is 1. The Balaban J connectivity index is 1.56. The Kier molecular flexibility index (Phi) is 5.04. The summed E-state index contributed by atoms with van der Waals surface area (Å²) in [7, 11) is 0. The van der Waals surface area contributed by atoms with Crippen LogP contribution in [0.1, 0.15) is 44.2 Å². The Labute approximate surface area is 155 Å². The van der Waals surface area contributed by atoms with Gasteiger partial charge in [-0.25, -0.2) is 0 Å². The maximum absolute atomic E-state index is 13.2. The Morgan fingerprint density at radius 3 is 2.54 bits per heavy atom. The van der Waals surface area contributed by atoms with Crippen LogP contribution >= 0.6 is 0 Å². The van der Waals surface area contributed by atoms with Gasteiger partial charge in [-0.2, -0.15) is 0 Å². The third-order valence-corrected chi connectivity index (χ3v) is 6.27. The molecule has 2 aliphatic heterocycles. The molecule has 26 heavy (non-hydrogen) atoms. The lowest BCUT2D eigenvalue weighted by atomic mass is 9.94. The van der Waals surface area contributed by atoms with Gasteiger partial charge in [0, 0.05) is 31.6 Å². The van der Waals surface area contributed by atoms with Crippen molar-refractivity contribution < 1.29 is 14.6 Å². The van der Waals surface area contributed by atoms with Crippen LogP contribution < -0.4 is 0 Å². The van der Waals surface area contributed by atoms with E-state index in [2.05, 4.69) is 28.9 Å². The van der Waals surface area contributed by atoms with Crippen molar-refractivity contribution in [1.29, 1.82) is 0 Å². The van der Waals surface area contributed by atoms with Crippen molar-refractivity contribution in [3.05, 3.63) is 35.9 Å². The second-order valence-corrected chi connectivity index (χ2v) is 8.36. The van der Waals surface area contributed by atoms with Gasteiger partial charge in [-0.15, -0.1) is 0 Å². The van der Waals surface area contributed by atoms with Gasteiger partial charge >= 0.3 is 0 Å². The third kappa shape index (κ3) is 3.66. The van der Waals surface area contributed by atoms with Crippen LogP contribution in [0, 0.1) is 5.41 Å². The zero-order valence-electron chi connectivity index (χ0n) is 15.6. The van der Waals surface area contributed by atoms with Crippen molar-refractivity contribution in [3.8, 4) is 0 Å². The molecule has 0 spiro atoms. The summed E-state index contributed by atoms with van der Waals surface area (Å²) in [6.07, 6.45) is 3.45. The molecule has 0 unspecified atom stereocenters. The zero-order valence-corrected chi connectivity index (χ0v) is 15.6. The van der Waals surface area contributed by atoms with Crippen LogP contribution in [0.2, 0.25) is 0 Å². The monoisotopic (exact) mass is 358 g/mol. The zero-order chi connectivity index (χ0) is 18.1. The smallest absolute Gasteiger partial charge is 0.229 e. The predicted molar refractivity (Wildman–Crippen MR) is 99.7 cm³/mol. The number of aliphatic hydroxyl groups excluding tert-OH is 1. The maximum atomic E-state index is 13.2. The van der Waals surface area contributed by atoms with E-state index >= 15 is 0 Å². The van der Waals surface area contributed by atoms with Crippen LogP contribution in [0.3, 0.4) is 0 Å². The lowest BCUT2D eigenvalue weighted by molar-refractivity contribution is -0.154. The Hall–Kier alpha value is -1.43. The Morgan fingerprint density at radius 1 is 1.19 bits per heavy atom. The first kappa shape index (κ1) is 18.0. The number of aliphatic hydroxyl groups is 1. The molecule has 1 N–H and O–H groups in total. The fourth-order valence-corrected chi connectivity index (χ4v) is 4.26. The maximum Gasteiger partial charge on any atom is 0.229 e. The van der Waals surface area contributed by atoms with E-state index in [4.69, 9.17) is 4.74 Å². The first-order chi connectivity index (χ1) is 12.6. The third-order valence-electron chi connectivity index (χ3n) is 6.27. The standard InChI is InChI=1S/C21H30N2O3/c1-21(9-10-21)20(25)23-13-14-26-18(15-22-11-7-17(24)8-12-22)19(23)16-5-3-2-4-6-16/h2-6,17-19,24H,7-15H2,1H3/t18-,19-/m0/s1. The molecule has 3 aliphatic rings. The van der Waals surface area contributed by atoms with Crippen LogP contribution in [-0.4, -0.2) is 65.8 Å². The first-order valence-corrected chi connectivity index (χ1v) is 9.95. The topological polar surface area (TPSA) is 53.0 Å². The SMILES string of the molecule is CC1(C(=O)N2CCO[C@@H](CN3CCC(O)CC3)[C@@H]2c2ccccc2)CC1. The molecular weight excluding hydrogens is 328 g/mol. The van der Waals surface area contributed by atoms with E-state index in [1.54, 1.807) is 0 Å². The van der Waals surface area contributed by atoms with E-state index in [1.165, 1.54) is 0 Å². The second kappa shape index (κ2) is 7.29. The molecule has 1 amide bonds. The number of rotatable bonds is 4. The van der Waals surface area contributed by atoms with Gasteiger partial charge in [0.1, 0.15) is 0 Å².